The van der Waals surface area contributed by atoms with Gasteiger partial charge in [0.2, 0.25) is 0 Å². The molecule has 4 aromatic heterocycles. The van der Waals surface area contributed by atoms with Crippen LogP contribution in [0.2, 0.25) is 0 Å². The Balaban J connectivity index is 0.00000308. The van der Waals surface area contributed by atoms with Gasteiger partial charge in [0.05, 0.1) is 5.65 Å². The molecule has 2 aromatic carbocycles. The van der Waals surface area contributed by atoms with Crippen LogP contribution in [0.25, 0.3) is 50.3 Å². The van der Waals surface area contributed by atoms with E-state index in [-0.39, 0.29) is 31.9 Å². The molecule has 5 heteroatoms. The number of fused-ring (bicyclic) bond motifs is 2. The second-order valence-electron chi connectivity index (χ2n) is 12.1. The molecule has 6 aromatic rings. The van der Waals surface area contributed by atoms with Gasteiger partial charge in [-0.15, -0.1) is 23.8 Å². The average molecular weight is 692 g/mol. The van der Waals surface area contributed by atoms with Gasteiger partial charge in [0, 0.05) is 17.6 Å². The van der Waals surface area contributed by atoms with Crippen LogP contribution in [-0.4, -0.2) is 14.5 Å². The van der Waals surface area contributed by atoms with E-state index in [1.807, 2.05) is 24.4 Å². The summed E-state index contributed by atoms with van der Waals surface area (Å²) in [6.45, 7) is 13.4. The van der Waals surface area contributed by atoms with Gasteiger partial charge in [-0.05, 0) is 38.7 Å². The van der Waals surface area contributed by atoms with Gasteiger partial charge >= 0.3 is 21.1 Å². The molecule has 0 bridgehead atoms. The van der Waals surface area contributed by atoms with Crippen LogP contribution in [0.1, 0.15) is 52.7 Å². The van der Waals surface area contributed by atoms with E-state index < -0.39 is 0 Å². The van der Waals surface area contributed by atoms with Crippen LogP contribution in [0, 0.1) is 6.07 Å². The third-order valence-corrected chi connectivity index (χ3v) is 7.15. The second-order valence-corrected chi connectivity index (χ2v) is 12.1. The zero-order valence-corrected chi connectivity index (χ0v) is 25.5. The Hall–Kier alpha value is -3.49. The Kier molecular flexibility index (Phi) is 6.89. The molecule has 0 saturated carbocycles. The first kappa shape index (κ1) is 27.1. The number of hydrogen-bond acceptors (Lipinski definition) is 2. The largest absolute Gasteiger partial charge is 2.00 e. The number of rotatable bonds is 3. The van der Waals surface area contributed by atoms with Crippen LogP contribution >= 0.6 is 0 Å². The predicted molar refractivity (Wildman–Crippen MR) is 157 cm³/mol. The second kappa shape index (κ2) is 9.92. The molecule has 6 rings (SSSR count). The number of aromatic nitrogens is 4. The van der Waals surface area contributed by atoms with Gasteiger partial charge in [-0.1, -0.05) is 119 Å². The Morgan fingerprint density at radius 1 is 0.718 bits per heavy atom. The summed E-state index contributed by atoms with van der Waals surface area (Å²) in [5.41, 5.74) is 8.21. The smallest absolute Gasteiger partial charge is 0.435 e. The molecule has 0 amide bonds. The molecule has 39 heavy (non-hydrogen) atoms. The number of hydrogen-bond donors (Lipinski definition) is 0. The van der Waals surface area contributed by atoms with Gasteiger partial charge in [-0.2, -0.15) is 0 Å². The van der Waals surface area contributed by atoms with Crippen molar-refractivity contribution in [2.75, 3.05) is 0 Å². The van der Waals surface area contributed by atoms with Gasteiger partial charge in [0.25, 0.3) is 0 Å². The fourth-order valence-corrected chi connectivity index (χ4v) is 4.80. The van der Waals surface area contributed by atoms with E-state index >= 15 is 0 Å². The van der Waals surface area contributed by atoms with Crippen LogP contribution in [0.3, 0.4) is 0 Å². The first-order valence-corrected chi connectivity index (χ1v) is 13.1. The molecule has 4 heterocycles. The Bertz CT molecular complexity index is 1780. The zero-order valence-electron chi connectivity index (χ0n) is 23.2. The van der Waals surface area contributed by atoms with Gasteiger partial charge in [0.15, 0.2) is 0 Å². The first-order chi connectivity index (χ1) is 18.1. The summed E-state index contributed by atoms with van der Waals surface area (Å²) in [5.74, 6) is 0.882. The summed E-state index contributed by atoms with van der Waals surface area (Å²) in [5, 5.41) is 2.23. The molecule has 0 spiro atoms. The van der Waals surface area contributed by atoms with E-state index in [0.29, 0.717) is 0 Å². The van der Waals surface area contributed by atoms with Crippen molar-refractivity contribution in [3.8, 4) is 28.3 Å². The third kappa shape index (κ3) is 5.23. The summed E-state index contributed by atoms with van der Waals surface area (Å²) in [7, 11) is 0. The molecule has 0 N–H and O–H groups in total. The average Bonchev–Trinajstić information content (AvgIpc) is 3.51. The fourth-order valence-electron chi connectivity index (χ4n) is 4.80. The minimum atomic E-state index is -0.0249. The van der Waals surface area contributed by atoms with Gasteiger partial charge in [-0.3, -0.25) is 9.97 Å². The summed E-state index contributed by atoms with van der Waals surface area (Å²) in [4.78, 5) is 14.7. The molecule has 0 aliphatic carbocycles. The quantitative estimate of drug-likeness (QED) is 0.176. The molecule has 4 nitrogen and oxygen atoms in total. The van der Waals surface area contributed by atoms with E-state index in [9.17, 15) is 0 Å². The van der Waals surface area contributed by atoms with Crippen molar-refractivity contribution in [3.05, 3.63) is 102 Å². The van der Waals surface area contributed by atoms with Crippen molar-refractivity contribution < 1.29 is 21.1 Å². The zero-order chi connectivity index (χ0) is 26.7. The Labute approximate surface area is 244 Å². The van der Waals surface area contributed by atoms with Crippen LogP contribution in [0.4, 0.5) is 0 Å². The molecule has 0 unspecified atom stereocenters. The topological polar surface area (TPSA) is 44.8 Å². The minimum Gasteiger partial charge on any atom is -0.435 e. The standard InChI is InChI=1S/C34H32N4.Pt/c1-33(2,3)26-11-13-29-25(18-26)21-31(36-29)38-16-14-22-10-12-30(37-32(22)38)24-17-23(28-9-7-8-15-35-28)19-27(20-24)34(4,5)6;/h7-16,18-21H,1-6H3;/q-2;+2. The van der Waals surface area contributed by atoms with Crippen molar-refractivity contribution in [2.45, 2.75) is 52.4 Å². The molecule has 198 valence electrons. The number of pyridine rings is 2. The monoisotopic (exact) mass is 691 g/mol. The maximum Gasteiger partial charge on any atom is 2.00 e. The van der Waals surface area contributed by atoms with Crippen molar-refractivity contribution in [1.29, 1.82) is 0 Å². The molecule has 0 saturated heterocycles. The summed E-state index contributed by atoms with van der Waals surface area (Å²) < 4.78 is 2.09. The minimum absolute atomic E-state index is 0. The first-order valence-electron chi connectivity index (χ1n) is 13.1. The van der Waals surface area contributed by atoms with Crippen LogP contribution in [-0.2, 0) is 31.9 Å². The molecule has 0 radical (unpaired) electrons. The van der Waals surface area contributed by atoms with Crippen LogP contribution in [0.15, 0.2) is 85.2 Å². The summed E-state index contributed by atoms with van der Waals surface area (Å²) >= 11 is 0. The van der Waals surface area contributed by atoms with Gasteiger partial charge in [0.1, 0.15) is 0 Å². The predicted octanol–water partition coefficient (Wildman–Crippen LogP) is 8.26. The maximum absolute atomic E-state index is 5.14. The molecule has 0 aliphatic heterocycles. The SMILES string of the molecule is CC(C)(C)c1cc(-c2ccccn2)[c-]c(-c2ccc3ccn(-c4cc5cc(C(C)(C)C)ccc5[n-]4)c3n2)c1.[Pt+2]. The fraction of sp³-hybridized carbons (Fsp3) is 0.235. The summed E-state index contributed by atoms with van der Waals surface area (Å²) in [6.07, 6.45) is 3.88. The van der Waals surface area contributed by atoms with Gasteiger partial charge < -0.3 is 9.55 Å². The molecule has 0 atom stereocenters. The molecule has 0 fully saturated rings. The molecule has 0 aliphatic rings. The van der Waals surface area contributed by atoms with E-state index in [2.05, 4.69) is 118 Å². The molecular weight excluding hydrogens is 659 g/mol. The number of benzene rings is 2. The van der Waals surface area contributed by atoms with E-state index in [1.165, 1.54) is 11.1 Å². The van der Waals surface area contributed by atoms with Crippen molar-refractivity contribution in [3.63, 3.8) is 0 Å². The maximum atomic E-state index is 5.14. The van der Waals surface area contributed by atoms with Crippen molar-refractivity contribution >= 4 is 21.9 Å². The van der Waals surface area contributed by atoms with Crippen molar-refractivity contribution in [2.24, 2.45) is 0 Å². The van der Waals surface area contributed by atoms with E-state index in [1.54, 1.807) is 0 Å². The summed E-state index contributed by atoms with van der Waals surface area (Å²) in [6, 6.07) is 29.0. The van der Waals surface area contributed by atoms with Crippen molar-refractivity contribution in [1.82, 2.24) is 19.5 Å². The van der Waals surface area contributed by atoms with Gasteiger partial charge in [-0.25, -0.2) is 0 Å². The Morgan fingerprint density at radius 3 is 2.15 bits per heavy atom. The number of nitrogens with zero attached hydrogens (tertiary/aromatic N) is 4. The molecular formula is C34H32N4Pt. The van der Waals surface area contributed by atoms with Crippen LogP contribution < -0.4 is 4.98 Å². The normalized spacial score (nSPS) is 12.2. The van der Waals surface area contributed by atoms with E-state index in [4.69, 9.17) is 9.97 Å². The van der Waals surface area contributed by atoms with E-state index in [0.717, 1.165) is 50.3 Å². The third-order valence-electron chi connectivity index (χ3n) is 7.15. The Morgan fingerprint density at radius 2 is 1.46 bits per heavy atom. The van der Waals surface area contributed by atoms with Crippen LogP contribution in [0.5, 0.6) is 0 Å².